The Labute approximate surface area is 113 Å². The van der Waals surface area contributed by atoms with Gasteiger partial charge >= 0.3 is 0 Å². The number of nitrogens with zero attached hydrogens (tertiary/aromatic N) is 2. The van der Waals surface area contributed by atoms with E-state index < -0.39 is 0 Å². The Morgan fingerprint density at radius 3 is 3.11 bits per heavy atom. The molecule has 1 aromatic rings. The number of carbonyl (C=O) groups excluding carboxylic acids is 1. The number of likely N-dealkylation sites (N-methyl/N-ethyl adjacent to an activating group) is 1. The van der Waals surface area contributed by atoms with E-state index in [1.54, 1.807) is 18.2 Å². The van der Waals surface area contributed by atoms with Gasteiger partial charge in [0.25, 0.3) is 0 Å². The zero-order valence-electron chi connectivity index (χ0n) is 11.0. The van der Waals surface area contributed by atoms with Crippen molar-refractivity contribution in [3.63, 3.8) is 0 Å². The van der Waals surface area contributed by atoms with Crippen molar-refractivity contribution >= 4 is 11.6 Å². The molecule has 1 fully saturated rings. The van der Waals surface area contributed by atoms with Crippen LogP contribution in [0.1, 0.15) is 12.0 Å². The lowest BCUT2D eigenvalue weighted by molar-refractivity contribution is -0.117. The third-order valence-corrected chi connectivity index (χ3v) is 3.39. The highest BCUT2D eigenvalue weighted by atomic mass is 16.1. The molecule has 0 spiro atoms. The van der Waals surface area contributed by atoms with E-state index in [1.807, 2.05) is 13.1 Å². The summed E-state index contributed by atoms with van der Waals surface area (Å²) in [6.07, 6.45) is 0.434. The fourth-order valence-electron chi connectivity index (χ4n) is 2.20. The van der Waals surface area contributed by atoms with Gasteiger partial charge in [-0.1, -0.05) is 12.1 Å². The van der Waals surface area contributed by atoms with Gasteiger partial charge in [-0.15, -0.1) is 0 Å². The molecule has 1 unspecified atom stereocenters. The number of hydrogen-bond acceptors (Lipinski definition) is 4. The highest BCUT2D eigenvalue weighted by Crippen LogP contribution is 2.14. The van der Waals surface area contributed by atoms with Crippen molar-refractivity contribution < 1.29 is 4.79 Å². The van der Waals surface area contributed by atoms with Gasteiger partial charge in [0, 0.05) is 32.1 Å². The Morgan fingerprint density at radius 1 is 1.58 bits per heavy atom. The van der Waals surface area contributed by atoms with Crippen LogP contribution in [-0.4, -0.2) is 43.5 Å². The monoisotopic (exact) mass is 258 g/mol. The number of nitrogens with one attached hydrogen (secondary N) is 2. The topological polar surface area (TPSA) is 68.2 Å². The number of nitriles is 1. The first-order valence-electron chi connectivity index (χ1n) is 6.40. The number of rotatable bonds is 3. The van der Waals surface area contributed by atoms with Crippen LogP contribution in [-0.2, 0) is 4.79 Å². The summed E-state index contributed by atoms with van der Waals surface area (Å²) in [4.78, 5) is 14.2. The maximum atomic E-state index is 12.0. The number of piperazine rings is 1. The van der Waals surface area contributed by atoms with E-state index in [1.165, 1.54) is 0 Å². The van der Waals surface area contributed by atoms with Crippen LogP contribution >= 0.6 is 0 Å². The van der Waals surface area contributed by atoms with Crippen LogP contribution < -0.4 is 10.6 Å². The zero-order valence-corrected chi connectivity index (χ0v) is 11.0. The highest BCUT2D eigenvalue weighted by molar-refractivity contribution is 5.92. The minimum atomic E-state index is -0.0525. The third-order valence-electron chi connectivity index (χ3n) is 3.39. The molecule has 19 heavy (non-hydrogen) atoms. The van der Waals surface area contributed by atoms with E-state index in [0.717, 1.165) is 19.6 Å². The van der Waals surface area contributed by atoms with Gasteiger partial charge in [0.05, 0.1) is 11.3 Å². The van der Waals surface area contributed by atoms with Gasteiger partial charge in [0.15, 0.2) is 0 Å². The van der Waals surface area contributed by atoms with Crippen LogP contribution in [0.15, 0.2) is 24.3 Å². The standard InChI is InChI=1S/C14H18N4O/c1-18-7-6-16-10-12(18)8-14(19)17-13-5-3-2-4-11(13)9-15/h2-5,12,16H,6-8,10H2,1H3,(H,17,19). The van der Waals surface area contributed by atoms with Crippen molar-refractivity contribution in [3.05, 3.63) is 29.8 Å². The average molecular weight is 258 g/mol. The second kappa shape index (κ2) is 6.32. The summed E-state index contributed by atoms with van der Waals surface area (Å²) in [5.74, 6) is -0.0525. The molecule has 5 heteroatoms. The summed E-state index contributed by atoms with van der Waals surface area (Å²) in [6, 6.07) is 9.33. The van der Waals surface area contributed by atoms with Gasteiger partial charge in [-0.25, -0.2) is 0 Å². The Morgan fingerprint density at radius 2 is 2.37 bits per heavy atom. The van der Waals surface area contributed by atoms with Crippen LogP contribution in [0.2, 0.25) is 0 Å². The van der Waals surface area contributed by atoms with Gasteiger partial charge < -0.3 is 15.5 Å². The first-order valence-corrected chi connectivity index (χ1v) is 6.40. The number of amides is 1. The molecule has 0 saturated carbocycles. The van der Waals surface area contributed by atoms with Crippen LogP contribution in [0.4, 0.5) is 5.69 Å². The normalized spacial score (nSPS) is 19.7. The lowest BCUT2D eigenvalue weighted by Gasteiger charge is -2.32. The molecule has 1 aliphatic rings. The highest BCUT2D eigenvalue weighted by Gasteiger charge is 2.21. The Kier molecular flexibility index (Phi) is 4.50. The Bertz CT molecular complexity index is 494. The van der Waals surface area contributed by atoms with Crippen LogP contribution in [0.3, 0.4) is 0 Å². The van der Waals surface area contributed by atoms with Crippen LogP contribution in [0.25, 0.3) is 0 Å². The smallest absolute Gasteiger partial charge is 0.226 e. The number of carbonyl (C=O) groups is 1. The number of hydrogen-bond donors (Lipinski definition) is 2. The molecule has 2 rings (SSSR count). The van der Waals surface area contributed by atoms with Gasteiger partial charge in [-0.3, -0.25) is 4.79 Å². The maximum Gasteiger partial charge on any atom is 0.226 e. The van der Waals surface area contributed by atoms with Crippen molar-refractivity contribution in [2.75, 3.05) is 32.0 Å². The van der Waals surface area contributed by atoms with E-state index in [2.05, 4.69) is 21.6 Å². The summed E-state index contributed by atoms with van der Waals surface area (Å²) >= 11 is 0. The van der Waals surface area contributed by atoms with Gasteiger partial charge in [-0.2, -0.15) is 5.26 Å². The Hall–Kier alpha value is -1.90. The molecule has 1 aliphatic heterocycles. The van der Waals surface area contributed by atoms with Crippen molar-refractivity contribution in [1.82, 2.24) is 10.2 Å². The second-order valence-corrected chi connectivity index (χ2v) is 4.75. The first-order chi connectivity index (χ1) is 9.20. The molecule has 1 aromatic carbocycles. The first kappa shape index (κ1) is 13.5. The molecule has 0 aliphatic carbocycles. The fourth-order valence-corrected chi connectivity index (χ4v) is 2.20. The summed E-state index contributed by atoms with van der Waals surface area (Å²) in [5, 5.41) is 15.1. The molecular weight excluding hydrogens is 240 g/mol. The summed E-state index contributed by atoms with van der Waals surface area (Å²) < 4.78 is 0. The molecule has 0 aromatic heterocycles. The molecule has 1 saturated heterocycles. The summed E-state index contributed by atoms with van der Waals surface area (Å²) in [7, 11) is 2.03. The van der Waals surface area contributed by atoms with Crippen LogP contribution in [0, 0.1) is 11.3 Å². The van der Waals surface area contributed by atoms with Gasteiger partial charge in [-0.05, 0) is 19.2 Å². The second-order valence-electron chi connectivity index (χ2n) is 4.75. The average Bonchev–Trinajstić information content (AvgIpc) is 2.42. The number of para-hydroxylation sites is 1. The third kappa shape index (κ3) is 3.53. The molecule has 1 heterocycles. The number of anilines is 1. The SMILES string of the molecule is CN1CCNCC1CC(=O)Nc1ccccc1C#N. The molecule has 0 bridgehead atoms. The van der Waals surface area contributed by atoms with E-state index in [-0.39, 0.29) is 11.9 Å². The quantitative estimate of drug-likeness (QED) is 0.841. The largest absolute Gasteiger partial charge is 0.325 e. The minimum Gasteiger partial charge on any atom is -0.325 e. The maximum absolute atomic E-state index is 12.0. The summed E-state index contributed by atoms with van der Waals surface area (Å²) in [5.41, 5.74) is 1.08. The zero-order chi connectivity index (χ0) is 13.7. The van der Waals surface area contributed by atoms with Gasteiger partial charge in [0.2, 0.25) is 5.91 Å². The summed E-state index contributed by atoms with van der Waals surface area (Å²) in [6.45, 7) is 2.74. The molecule has 1 amide bonds. The predicted octanol–water partition coefficient (Wildman–Crippen LogP) is 0.790. The van der Waals surface area contributed by atoms with Crippen molar-refractivity contribution in [1.29, 1.82) is 5.26 Å². The molecule has 5 nitrogen and oxygen atoms in total. The lowest BCUT2D eigenvalue weighted by Crippen LogP contribution is -2.50. The fraction of sp³-hybridized carbons (Fsp3) is 0.429. The van der Waals surface area contributed by atoms with Crippen molar-refractivity contribution in [2.45, 2.75) is 12.5 Å². The Balaban J connectivity index is 1.96. The molecule has 2 N–H and O–H groups in total. The van der Waals surface area contributed by atoms with Gasteiger partial charge in [0.1, 0.15) is 6.07 Å². The number of benzene rings is 1. The van der Waals surface area contributed by atoms with Crippen molar-refractivity contribution in [2.24, 2.45) is 0 Å². The molecule has 1 atom stereocenters. The minimum absolute atomic E-state index is 0.0525. The molecular formula is C14H18N4O. The van der Waals surface area contributed by atoms with E-state index in [0.29, 0.717) is 17.7 Å². The van der Waals surface area contributed by atoms with E-state index >= 15 is 0 Å². The van der Waals surface area contributed by atoms with Crippen LogP contribution in [0.5, 0.6) is 0 Å². The van der Waals surface area contributed by atoms with E-state index in [9.17, 15) is 4.79 Å². The molecule has 100 valence electrons. The van der Waals surface area contributed by atoms with E-state index in [4.69, 9.17) is 5.26 Å². The van der Waals surface area contributed by atoms with Crippen molar-refractivity contribution in [3.8, 4) is 6.07 Å². The molecule has 0 radical (unpaired) electrons. The predicted molar refractivity (Wildman–Crippen MR) is 73.7 cm³/mol. The lowest BCUT2D eigenvalue weighted by atomic mass is 10.1.